The van der Waals surface area contributed by atoms with E-state index >= 15 is 0 Å². The first-order chi connectivity index (χ1) is 11.1. The van der Waals surface area contributed by atoms with Gasteiger partial charge in [0.1, 0.15) is 0 Å². The number of aryl methyl sites for hydroxylation is 4. The van der Waals surface area contributed by atoms with E-state index < -0.39 is 10.0 Å². The molecule has 128 valence electrons. The summed E-state index contributed by atoms with van der Waals surface area (Å²) in [4.78, 5) is 11.4. The van der Waals surface area contributed by atoms with Gasteiger partial charge in [0, 0.05) is 12.6 Å². The summed E-state index contributed by atoms with van der Waals surface area (Å²) in [5.41, 5.74) is 4.15. The van der Waals surface area contributed by atoms with Gasteiger partial charge in [0.25, 0.3) is 10.0 Å². The maximum atomic E-state index is 12.8. The zero-order chi connectivity index (χ0) is 18.1. The van der Waals surface area contributed by atoms with Crippen molar-refractivity contribution in [2.45, 2.75) is 39.5 Å². The second kappa shape index (κ2) is 6.65. The highest BCUT2D eigenvalue weighted by Gasteiger charge is 2.21. The van der Waals surface area contributed by atoms with Gasteiger partial charge in [-0.15, -0.1) is 0 Å². The summed E-state index contributed by atoms with van der Waals surface area (Å²) < 4.78 is 28.4. The molecule has 1 amide bonds. The summed E-state index contributed by atoms with van der Waals surface area (Å²) in [5.74, 6) is -0.196. The van der Waals surface area contributed by atoms with Crippen LogP contribution in [0, 0.1) is 27.7 Å². The molecule has 0 saturated carbocycles. The van der Waals surface area contributed by atoms with Gasteiger partial charge in [-0.05, 0) is 68.1 Å². The zero-order valence-corrected chi connectivity index (χ0v) is 15.3. The van der Waals surface area contributed by atoms with Crippen LogP contribution in [0.1, 0.15) is 29.2 Å². The number of carbonyl (C=O) groups is 1. The van der Waals surface area contributed by atoms with Crippen molar-refractivity contribution in [3.63, 3.8) is 0 Å². The third-order valence-electron chi connectivity index (χ3n) is 3.69. The Labute approximate surface area is 143 Å². The third-order valence-corrected chi connectivity index (χ3v) is 5.36. The predicted molar refractivity (Wildman–Crippen MR) is 96.9 cm³/mol. The number of hydrogen-bond acceptors (Lipinski definition) is 3. The monoisotopic (exact) mass is 346 g/mol. The van der Waals surface area contributed by atoms with E-state index in [-0.39, 0.29) is 10.8 Å². The summed E-state index contributed by atoms with van der Waals surface area (Å²) in [6, 6.07) is 8.94. The molecule has 0 aliphatic rings. The molecule has 0 aromatic heterocycles. The van der Waals surface area contributed by atoms with Gasteiger partial charge >= 0.3 is 0 Å². The number of amides is 1. The number of anilines is 2. The maximum absolute atomic E-state index is 12.8. The Bertz CT molecular complexity index is 879. The number of carbonyl (C=O) groups excluding carboxylic acids is 1. The standard InChI is InChI=1S/C18H22N2O3S/c1-11-6-7-12(2)17(8-11)20-24(22,23)18-13(3)9-16(10-14(18)4)19-15(5)21/h6-10,20H,1-5H3,(H,19,21). The van der Waals surface area contributed by atoms with E-state index in [4.69, 9.17) is 0 Å². The molecule has 0 heterocycles. The van der Waals surface area contributed by atoms with E-state index in [1.54, 1.807) is 26.0 Å². The molecule has 2 aromatic carbocycles. The predicted octanol–water partition coefficient (Wildman–Crippen LogP) is 3.68. The van der Waals surface area contributed by atoms with Crippen LogP contribution in [0.25, 0.3) is 0 Å². The van der Waals surface area contributed by atoms with Gasteiger partial charge in [0.15, 0.2) is 0 Å². The van der Waals surface area contributed by atoms with Crippen LogP contribution < -0.4 is 10.0 Å². The van der Waals surface area contributed by atoms with Crippen LogP contribution in [0.15, 0.2) is 35.2 Å². The first-order valence-corrected chi connectivity index (χ1v) is 9.07. The third kappa shape index (κ3) is 3.94. The number of hydrogen-bond donors (Lipinski definition) is 2. The Balaban J connectivity index is 2.46. The average molecular weight is 346 g/mol. The van der Waals surface area contributed by atoms with Crippen molar-refractivity contribution >= 4 is 27.3 Å². The van der Waals surface area contributed by atoms with Gasteiger partial charge in [-0.3, -0.25) is 9.52 Å². The normalized spacial score (nSPS) is 11.2. The van der Waals surface area contributed by atoms with Crippen LogP contribution in [0.3, 0.4) is 0 Å². The highest BCUT2D eigenvalue weighted by molar-refractivity contribution is 7.92. The Morgan fingerprint density at radius 2 is 1.50 bits per heavy atom. The molecule has 2 rings (SSSR count). The lowest BCUT2D eigenvalue weighted by Gasteiger charge is -2.16. The van der Waals surface area contributed by atoms with E-state index in [0.29, 0.717) is 22.5 Å². The second-order valence-corrected chi connectivity index (χ2v) is 7.66. The van der Waals surface area contributed by atoms with Crippen LogP contribution in [-0.4, -0.2) is 14.3 Å². The number of benzene rings is 2. The topological polar surface area (TPSA) is 75.3 Å². The van der Waals surface area contributed by atoms with Crippen molar-refractivity contribution in [1.82, 2.24) is 0 Å². The molecule has 0 bridgehead atoms. The SMILES string of the molecule is CC(=O)Nc1cc(C)c(S(=O)(=O)Nc2cc(C)ccc2C)c(C)c1. The van der Waals surface area contributed by atoms with Crippen molar-refractivity contribution in [2.75, 3.05) is 10.0 Å². The minimum atomic E-state index is -3.72. The minimum absolute atomic E-state index is 0.196. The van der Waals surface area contributed by atoms with Crippen molar-refractivity contribution in [3.05, 3.63) is 52.6 Å². The number of rotatable bonds is 4. The molecule has 0 unspecified atom stereocenters. The van der Waals surface area contributed by atoms with Gasteiger partial charge in [-0.1, -0.05) is 12.1 Å². The molecule has 5 nitrogen and oxygen atoms in total. The van der Waals surface area contributed by atoms with E-state index in [0.717, 1.165) is 11.1 Å². The van der Waals surface area contributed by atoms with Gasteiger partial charge in [-0.25, -0.2) is 8.42 Å². The lowest BCUT2D eigenvalue weighted by atomic mass is 10.1. The second-order valence-electron chi connectivity index (χ2n) is 6.04. The summed E-state index contributed by atoms with van der Waals surface area (Å²) in [6.07, 6.45) is 0. The lowest BCUT2D eigenvalue weighted by Crippen LogP contribution is -2.17. The van der Waals surface area contributed by atoms with Crippen LogP contribution in [0.2, 0.25) is 0 Å². The fourth-order valence-corrected chi connectivity index (χ4v) is 4.27. The molecule has 0 radical (unpaired) electrons. The van der Waals surface area contributed by atoms with Crippen molar-refractivity contribution < 1.29 is 13.2 Å². The fraction of sp³-hybridized carbons (Fsp3) is 0.278. The van der Waals surface area contributed by atoms with Crippen LogP contribution in [0.5, 0.6) is 0 Å². The van der Waals surface area contributed by atoms with Crippen molar-refractivity contribution in [3.8, 4) is 0 Å². The first kappa shape index (κ1) is 18.0. The van der Waals surface area contributed by atoms with Crippen LogP contribution in [0.4, 0.5) is 11.4 Å². The largest absolute Gasteiger partial charge is 0.326 e. The Morgan fingerprint density at radius 3 is 2.04 bits per heavy atom. The summed E-state index contributed by atoms with van der Waals surface area (Å²) in [5, 5.41) is 2.68. The van der Waals surface area contributed by atoms with Gasteiger partial charge in [0.2, 0.25) is 5.91 Å². The van der Waals surface area contributed by atoms with Gasteiger partial charge in [0.05, 0.1) is 10.6 Å². The van der Waals surface area contributed by atoms with Crippen LogP contribution in [-0.2, 0) is 14.8 Å². The summed E-state index contributed by atoms with van der Waals surface area (Å²) in [6.45, 7) is 8.62. The Morgan fingerprint density at radius 1 is 0.917 bits per heavy atom. The quantitative estimate of drug-likeness (QED) is 0.887. The molecule has 0 atom stereocenters. The molecule has 2 N–H and O–H groups in total. The maximum Gasteiger partial charge on any atom is 0.262 e. The van der Waals surface area contributed by atoms with Gasteiger partial charge < -0.3 is 5.32 Å². The number of sulfonamides is 1. The fourth-order valence-electron chi connectivity index (χ4n) is 2.69. The smallest absolute Gasteiger partial charge is 0.262 e. The van der Waals surface area contributed by atoms with E-state index in [1.165, 1.54) is 6.92 Å². The number of nitrogens with one attached hydrogen (secondary N) is 2. The highest BCUT2D eigenvalue weighted by atomic mass is 32.2. The molecule has 2 aromatic rings. The molecule has 0 fully saturated rings. The molecule has 24 heavy (non-hydrogen) atoms. The van der Waals surface area contributed by atoms with Crippen molar-refractivity contribution in [2.24, 2.45) is 0 Å². The highest BCUT2D eigenvalue weighted by Crippen LogP contribution is 2.27. The molecule has 0 spiro atoms. The minimum Gasteiger partial charge on any atom is -0.326 e. The van der Waals surface area contributed by atoms with E-state index in [9.17, 15) is 13.2 Å². The summed E-state index contributed by atoms with van der Waals surface area (Å²) in [7, 11) is -3.72. The molecule has 0 saturated heterocycles. The molecule has 0 aliphatic carbocycles. The Hall–Kier alpha value is -2.34. The molecular formula is C18H22N2O3S. The summed E-state index contributed by atoms with van der Waals surface area (Å²) >= 11 is 0. The van der Waals surface area contributed by atoms with Crippen LogP contribution >= 0.6 is 0 Å². The Kier molecular flexibility index (Phi) is 4.99. The van der Waals surface area contributed by atoms with E-state index in [1.807, 2.05) is 32.0 Å². The average Bonchev–Trinajstić information content (AvgIpc) is 2.40. The first-order valence-electron chi connectivity index (χ1n) is 7.59. The molecule has 6 heteroatoms. The molecule has 0 aliphatic heterocycles. The lowest BCUT2D eigenvalue weighted by molar-refractivity contribution is -0.114. The molecular weight excluding hydrogens is 324 g/mol. The van der Waals surface area contributed by atoms with Crippen molar-refractivity contribution in [1.29, 1.82) is 0 Å². The van der Waals surface area contributed by atoms with E-state index in [2.05, 4.69) is 10.0 Å². The zero-order valence-electron chi connectivity index (χ0n) is 14.5. The van der Waals surface area contributed by atoms with Gasteiger partial charge in [-0.2, -0.15) is 0 Å².